The van der Waals surface area contributed by atoms with Crippen LogP contribution in [0.3, 0.4) is 0 Å². The number of aliphatic hydroxyl groups excluding tert-OH is 1. The summed E-state index contributed by atoms with van der Waals surface area (Å²) in [5.41, 5.74) is -0.549. The molecule has 3 N–H and O–H groups in total. The van der Waals surface area contributed by atoms with E-state index < -0.39 is 29.9 Å². The summed E-state index contributed by atoms with van der Waals surface area (Å²) in [5.74, 6) is -4.09. The van der Waals surface area contributed by atoms with E-state index >= 15 is 0 Å². The molecule has 0 amide bonds. The van der Waals surface area contributed by atoms with E-state index in [2.05, 4.69) is 6.58 Å². The lowest BCUT2D eigenvalue weighted by atomic mass is 9.86. The standard InChI is InChI=1S/C16H18O7/c1-3-13(18)23-8-7-10(9(2)17)11-5-4-6-12(15(19)20)14(11)16(21)22/h3-6,9-10,17H,1,7-8H2,2H3,(H,19,20)(H,21,22). The summed E-state index contributed by atoms with van der Waals surface area (Å²) in [6, 6.07) is 4.05. The van der Waals surface area contributed by atoms with Gasteiger partial charge in [0.25, 0.3) is 0 Å². The van der Waals surface area contributed by atoms with Crippen LogP contribution >= 0.6 is 0 Å². The van der Waals surface area contributed by atoms with E-state index in [9.17, 15) is 24.6 Å². The minimum atomic E-state index is -1.40. The first-order valence-electron chi connectivity index (χ1n) is 6.86. The van der Waals surface area contributed by atoms with Crippen molar-refractivity contribution in [3.63, 3.8) is 0 Å². The van der Waals surface area contributed by atoms with Crippen molar-refractivity contribution in [2.45, 2.75) is 25.4 Å². The molecular weight excluding hydrogens is 304 g/mol. The number of carbonyl (C=O) groups excluding carboxylic acids is 1. The van der Waals surface area contributed by atoms with Crippen LogP contribution in [0.25, 0.3) is 0 Å². The summed E-state index contributed by atoms with van der Waals surface area (Å²) < 4.78 is 4.84. The predicted octanol–water partition coefficient (Wildman–Crippen LogP) is 1.67. The summed E-state index contributed by atoms with van der Waals surface area (Å²) >= 11 is 0. The second-order valence-corrected chi connectivity index (χ2v) is 4.89. The molecule has 1 aromatic carbocycles. The maximum atomic E-state index is 11.5. The maximum Gasteiger partial charge on any atom is 0.336 e. The second kappa shape index (κ2) is 8.09. The number of carbonyl (C=O) groups is 3. The van der Waals surface area contributed by atoms with Crippen LogP contribution in [0.5, 0.6) is 0 Å². The Hall–Kier alpha value is -2.67. The topological polar surface area (TPSA) is 121 Å². The van der Waals surface area contributed by atoms with Gasteiger partial charge in [0.2, 0.25) is 0 Å². The molecule has 0 spiro atoms. The number of carboxylic acid groups (broad SMARTS) is 2. The van der Waals surface area contributed by atoms with Gasteiger partial charge in [0.05, 0.1) is 23.8 Å². The largest absolute Gasteiger partial charge is 0.478 e. The first kappa shape index (κ1) is 18.4. The van der Waals surface area contributed by atoms with Crippen LogP contribution < -0.4 is 0 Å². The summed E-state index contributed by atoms with van der Waals surface area (Å²) in [7, 11) is 0. The van der Waals surface area contributed by atoms with Crippen LogP contribution in [0.15, 0.2) is 30.9 Å². The van der Waals surface area contributed by atoms with Crippen molar-refractivity contribution in [3.05, 3.63) is 47.5 Å². The highest BCUT2D eigenvalue weighted by Gasteiger charge is 2.27. The Balaban J connectivity index is 3.19. The van der Waals surface area contributed by atoms with Crippen LogP contribution in [0.1, 0.15) is 45.5 Å². The monoisotopic (exact) mass is 322 g/mol. The van der Waals surface area contributed by atoms with Crippen LogP contribution in [-0.4, -0.2) is 45.9 Å². The number of rotatable bonds is 8. The Morgan fingerprint density at radius 3 is 2.39 bits per heavy atom. The van der Waals surface area contributed by atoms with E-state index in [1.54, 1.807) is 0 Å². The van der Waals surface area contributed by atoms with Gasteiger partial charge in [0.1, 0.15) is 0 Å². The number of aliphatic hydroxyl groups is 1. The van der Waals surface area contributed by atoms with E-state index in [1.807, 2.05) is 0 Å². The van der Waals surface area contributed by atoms with Crippen molar-refractivity contribution in [2.75, 3.05) is 6.61 Å². The zero-order valence-corrected chi connectivity index (χ0v) is 12.6. The molecule has 0 fully saturated rings. The zero-order chi connectivity index (χ0) is 17.6. The Morgan fingerprint density at radius 2 is 1.91 bits per heavy atom. The summed E-state index contributed by atoms with van der Waals surface area (Å²) in [4.78, 5) is 33.7. The van der Waals surface area contributed by atoms with Crippen LogP contribution in [-0.2, 0) is 9.53 Å². The fourth-order valence-corrected chi connectivity index (χ4v) is 2.30. The SMILES string of the molecule is C=CC(=O)OCCC(c1cccc(C(=O)O)c1C(=O)O)C(C)O. The molecule has 2 unspecified atom stereocenters. The van der Waals surface area contributed by atoms with Gasteiger partial charge in [-0.3, -0.25) is 0 Å². The van der Waals surface area contributed by atoms with Crippen LogP contribution in [0, 0.1) is 0 Å². The number of ether oxygens (including phenoxy) is 1. The minimum absolute atomic E-state index is 0.0588. The fourth-order valence-electron chi connectivity index (χ4n) is 2.30. The number of hydrogen-bond acceptors (Lipinski definition) is 5. The van der Waals surface area contributed by atoms with Gasteiger partial charge in [0, 0.05) is 12.0 Å². The fraction of sp³-hybridized carbons (Fsp3) is 0.312. The minimum Gasteiger partial charge on any atom is -0.478 e. The maximum absolute atomic E-state index is 11.5. The molecule has 0 aliphatic rings. The van der Waals surface area contributed by atoms with E-state index in [1.165, 1.54) is 25.1 Å². The molecule has 1 aromatic rings. The average Bonchev–Trinajstić information content (AvgIpc) is 2.49. The van der Waals surface area contributed by atoms with E-state index in [4.69, 9.17) is 9.84 Å². The highest BCUT2D eigenvalue weighted by molar-refractivity contribution is 6.02. The highest BCUT2D eigenvalue weighted by Crippen LogP contribution is 2.29. The second-order valence-electron chi connectivity index (χ2n) is 4.89. The van der Waals surface area contributed by atoms with Crippen molar-refractivity contribution in [3.8, 4) is 0 Å². The molecule has 0 heterocycles. The molecule has 0 aliphatic carbocycles. The number of carboxylic acids is 2. The number of esters is 1. The molecule has 1 rings (SSSR count). The summed E-state index contributed by atoms with van der Waals surface area (Å²) in [6.45, 7) is 4.65. The van der Waals surface area contributed by atoms with Gasteiger partial charge >= 0.3 is 17.9 Å². The van der Waals surface area contributed by atoms with Gasteiger partial charge in [-0.25, -0.2) is 14.4 Å². The first-order chi connectivity index (χ1) is 10.8. The molecule has 0 bridgehead atoms. The van der Waals surface area contributed by atoms with Crippen LogP contribution in [0.2, 0.25) is 0 Å². The molecule has 23 heavy (non-hydrogen) atoms. The molecule has 2 atom stereocenters. The number of hydrogen-bond donors (Lipinski definition) is 3. The average molecular weight is 322 g/mol. The van der Waals surface area contributed by atoms with Crippen LogP contribution in [0.4, 0.5) is 0 Å². The van der Waals surface area contributed by atoms with Gasteiger partial charge in [-0.2, -0.15) is 0 Å². The van der Waals surface area contributed by atoms with Gasteiger partial charge in [-0.05, 0) is 25.0 Å². The lowest BCUT2D eigenvalue weighted by molar-refractivity contribution is -0.138. The van der Waals surface area contributed by atoms with Crippen molar-refractivity contribution >= 4 is 17.9 Å². The molecule has 7 heteroatoms. The third kappa shape index (κ3) is 4.65. The number of benzene rings is 1. The normalized spacial score (nSPS) is 13.0. The van der Waals surface area contributed by atoms with E-state index in [0.717, 1.165) is 6.08 Å². The third-order valence-corrected chi connectivity index (χ3v) is 3.36. The summed E-state index contributed by atoms with van der Waals surface area (Å²) in [6.07, 6.45) is 0.172. The molecule has 124 valence electrons. The van der Waals surface area contributed by atoms with Crippen molar-refractivity contribution in [2.24, 2.45) is 0 Å². The lowest BCUT2D eigenvalue weighted by Gasteiger charge is -2.22. The van der Waals surface area contributed by atoms with Gasteiger partial charge in [0.15, 0.2) is 0 Å². The molecule has 0 saturated heterocycles. The zero-order valence-electron chi connectivity index (χ0n) is 12.6. The lowest BCUT2D eigenvalue weighted by Crippen LogP contribution is -2.22. The number of aromatic carboxylic acids is 2. The van der Waals surface area contributed by atoms with Crippen molar-refractivity contribution < 1.29 is 34.4 Å². The third-order valence-electron chi connectivity index (χ3n) is 3.36. The quantitative estimate of drug-likeness (QED) is 0.491. The molecule has 0 aliphatic heterocycles. The van der Waals surface area contributed by atoms with Gasteiger partial charge < -0.3 is 20.1 Å². The Labute approximate surface area is 132 Å². The van der Waals surface area contributed by atoms with E-state index in [-0.39, 0.29) is 29.7 Å². The van der Waals surface area contributed by atoms with Gasteiger partial charge in [-0.15, -0.1) is 0 Å². The predicted molar refractivity (Wildman–Crippen MR) is 80.6 cm³/mol. The van der Waals surface area contributed by atoms with Crippen molar-refractivity contribution in [1.82, 2.24) is 0 Å². The molecule has 0 saturated carbocycles. The Morgan fingerprint density at radius 1 is 1.26 bits per heavy atom. The molecule has 7 nitrogen and oxygen atoms in total. The van der Waals surface area contributed by atoms with Gasteiger partial charge in [-0.1, -0.05) is 18.7 Å². The molecular formula is C16H18O7. The summed E-state index contributed by atoms with van der Waals surface area (Å²) in [5, 5.41) is 28.4. The molecule has 0 aromatic heterocycles. The molecule has 0 radical (unpaired) electrons. The highest BCUT2D eigenvalue weighted by atomic mass is 16.5. The van der Waals surface area contributed by atoms with Crippen molar-refractivity contribution in [1.29, 1.82) is 0 Å². The Bertz CT molecular complexity index is 619. The van der Waals surface area contributed by atoms with E-state index in [0.29, 0.717) is 0 Å². The Kier molecular flexibility index (Phi) is 6.47. The smallest absolute Gasteiger partial charge is 0.336 e. The first-order valence-corrected chi connectivity index (χ1v) is 6.86.